The number of rotatable bonds is 3. The Morgan fingerprint density at radius 2 is 1.80 bits per heavy atom. The molecular formula is C13H13NO. The van der Waals surface area contributed by atoms with Gasteiger partial charge in [-0.2, -0.15) is 0 Å². The van der Waals surface area contributed by atoms with E-state index < -0.39 is 0 Å². The van der Waals surface area contributed by atoms with E-state index in [0.717, 1.165) is 11.3 Å². The van der Waals surface area contributed by atoms with Crippen molar-refractivity contribution < 1.29 is 4.74 Å². The topological polar surface area (TPSA) is 22.1 Å². The van der Waals surface area contributed by atoms with Crippen LogP contribution in [0, 0.1) is 0 Å². The SMILES string of the molecule is CCOc1cccc(-c2ccccc2)n1. The van der Waals surface area contributed by atoms with Gasteiger partial charge in [-0.1, -0.05) is 36.4 Å². The Morgan fingerprint density at radius 3 is 2.53 bits per heavy atom. The van der Waals surface area contributed by atoms with Crippen LogP contribution in [0.25, 0.3) is 11.3 Å². The summed E-state index contributed by atoms with van der Waals surface area (Å²) in [7, 11) is 0. The highest BCUT2D eigenvalue weighted by Gasteiger charge is 1.99. The quantitative estimate of drug-likeness (QED) is 0.757. The minimum Gasteiger partial charge on any atom is -0.478 e. The van der Waals surface area contributed by atoms with Crippen LogP contribution >= 0.6 is 0 Å². The van der Waals surface area contributed by atoms with E-state index in [-0.39, 0.29) is 0 Å². The van der Waals surface area contributed by atoms with Crippen molar-refractivity contribution in [1.82, 2.24) is 4.98 Å². The van der Waals surface area contributed by atoms with Crippen molar-refractivity contribution in [2.75, 3.05) is 6.61 Å². The van der Waals surface area contributed by atoms with Gasteiger partial charge in [-0.05, 0) is 13.0 Å². The van der Waals surface area contributed by atoms with Gasteiger partial charge in [0.15, 0.2) is 0 Å². The number of nitrogens with zero attached hydrogens (tertiary/aromatic N) is 1. The van der Waals surface area contributed by atoms with Gasteiger partial charge in [0.2, 0.25) is 5.88 Å². The maximum absolute atomic E-state index is 5.36. The van der Waals surface area contributed by atoms with E-state index in [1.807, 2.05) is 55.5 Å². The molecule has 0 aliphatic heterocycles. The fourth-order valence-electron chi connectivity index (χ4n) is 1.41. The summed E-state index contributed by atoms with van der Waals surface area (Å²) in [6.07, 6.45) is 0. The number of ether oxygens (including phenoxy) is 1. The molecule has 0 atom stereocenters. The maximum Gasteiger partial charge on any atom is 0.213 e. The van der Waals surface area contributed by atoms with E-state index in [1.165, 1.54) is 0 Å². The smallest absolute Gasteiger partial charge is 0.213 e. The zero-order valence-electron chi connectivity index (χ0n) is 8.68. The zero-order valence-corrected chi connectivity index (χ0v) is 8.68. The van der Waals surface area contributed by atoms with E-state index >= 15 is 0 Å². The minimum absolute atomic E-state index is 0.644. The molecule has 1 aromatic carbocycles. The van der Waals surface area contributed by atoms with Gasteiger partial charge >= 0.3 is 0 Å². The molecule has 0 spiro atoms. The Bertz CT molecular complexity index is 426. The number of hydrogen-bond acceptors (Lipinski definition) is 2. The molecule has 76 valence electrons. The second kappa shape index (κ2) is 4.60. The van der Waals surface area contributed by atoms with E-state index in [4.69, 9.17) is 4.74 Å². The molecule has 2 rings (SSSR count). The predicted molar refractivity (Wildman–Crippen MR) is 60.8 cm³/mol. The lowest BCUT2D eigenvalue weighted by molar-refractivity contribution is 0.327. The third kappa shape index (κ3) is 2.34. The molecule has 1 heterocycles. The predicted octanol–water partition coefficient (Wildman–Crippen LogP) is 3.15. The standard InChI is InChI=1S/C13H13NO/c1-2-15-13-10-6-9-12(14-13)11-7-4-3-5-8-11/h3-10H,2H2,1H3. The first kappa shape index (κ1) is 9.71. The van der Waals surface area contributed by atoms with Gasteiger partial charge in [0.1, 0.15) is 0 Å². The molecule has 15 heavy (non-hydrogen) atoms. The second-order valence-corrected chi connectivity index (χ2v) is 3.16. The third-order valence-corrected chi connectivity index (χ3v) is 2.09. The van der Waals surface area contributed by atoms with Gasteiger partial charge in [-0.3, -0.25) is 0 Å². The van der Waals surface area contributed by atoms with Crippen LogP contribution in [0.4, 0.5) is 0 Å². The van der Waals surface area contributed by atoms with Gasteiger partial charge in [-0.15, -0.1) is 0 Å². The van der Waals surface area contributed by atoms with E-state index in [9.17, 15) is 0 Å². The van der Waals surface area contributed by atoms with Crippen LogP contribution in [-0.4, -0.2) is 11.6 Å². The summed E-state index contributed by atoms with van der Waals surface area (Å²) >= 11 is 0. The Labute approximate surface area is 89.6 Å². The molecule has 0 unspecified atom stereocenters. The molecule has 0 aliphatic carbocycles. The Hall–Kier alpha value is -1.83. The maximum atomic E-state index is 5.36. The first-order valence-electron chi connectivity index (χ1n) is 5.05. The molecule has 0 amide bonds. The van der Waals surface area contributed by atoms with E-state index in [1.54, 1.807) is 0 Å². The molecule has 0 aliphatic rings. The van der Waals surface area contributed by atoms with Gasteiger partial charge in [-0.25, -0.2) is 4.98 Å². The van der Waals surface area contributed by atoms with Gasteiger partial charge in [0.05, 0.1) is 12.3 Å². The molecule has 1 aromatic heterocycles. The molecule has 2 heteroatoms. The lowest BCUT2D eigenvalue weighted by Crippen LogP contribution is -1.94. The average molecular weight is 199 g/mol. The summed E-state index contributed by atoms with van der Waals surface area (Å²) in [5.41, 5.74) is 2.06. The number of pyridine rings is 1. The molecular weight excluding hydrogens is 186 g/mol. The van der Waals surface area contributed by atoms with Crippen molar-refractivity contribution in [2.45, 2.75) is 6.92 Å². The largest absolute Gasteiger partial charge is 0.478 e. The molecule has 0 fully saturated rings. The Kier molecular flexibility index (Phi) is 2.98. The van der Waals surface area contributed by atoms with Crippen LogP contribution in [0.15, 0.2) is 48.5 Å². The average Bonchev–Trinajstić information content (AvgIpc) is 2.31. The van der Waals surface area contributed by atoms with Crippen LogP contribution in [0.1, 0.15) is 6.92 Å². The van der Waals surface area contributed by atoms with Crippen LogP contribution in [0.3, 0.4) is 0 Å². The van der Waals surface area contributed by atoms with E-state index in [2.05, 4.69) is 4.98 Å². The van der Waals surface area contributed by atoms with Crippen LogP contribution in [0.2, 0.25) is 0 Å². The van der Waals surface area contributed by atoms with Crippen molar-refractivity contribution in [3.05, 3.63) is 48.5 Å². The molecule has 0 N–H and O–H groups in total. The summed E-state index contributed by atoms with van der Waals surface area (Å²) < 4.78 is 5.36. The molecule has 2 aromatic rings. The third-order valence-electron chi connectivity index (χ3n) is 2.09. The number of benzene rings is 1. The fourth-order valence-corrected chi connectivity index (χ4v) is 1.41. The van der Waals surface area contributed by atoms with Crippen LogP contribution in [0.5, 0.6) is 5.88 Å². The molecule has 0 saturated heterocycles. The molecule has 2 nitrogen and oxygen atoms in total. The van der Waals surface area contributed by atoms with Crippen LogP contribution in [-0.2, 0) is 0 Å². The first-order valence-corrected chi connectivity index (χ1v) is 5.05. The number of hydrogen-bond donors (Lipinski definition) is 0. The monoisotopic (exact) mass is 199 g/mol. The summed E-state index contributed by atoms with van der Waals surface area (Å²) in [6, 6.07) is 15.9. The van der Waals surface area contributed by atoms with Gasteiger partial charge in [0.25, 0.3) is 0 Å². The molecule has 0 radical (unpaired) electrons. The molecule has 0 bridgehead atoms. The lowest BCUT2D eigenvalue weighted by Gasteiger charge is -2.04. The highest BCUT2D eigenvalue weighted by Crippen LogP contribution is 2.18. The van der Waals surface area contributed by atoms with Gasteiger partial charge in [0, 0.05) is 11.6 Å². The summed E-state index contributed by atoms with van der Waals surface area (Å²) in [6.45, 7) is 2.60. The van der Waals surface area contributed by atoms with E-state index in [0.29, 0.717) is 12.5 Å². The Balaban J connectivity index is 2.33. The summed E-state index contributed by atoms with van der Waals surface area (Å²) in [5.74, 6) is 0.679. The van der Waals surface area contributed by atoms with Crippen molar-refractivity contribution in [1.29, 1.82) is 0 Å². The lowest BCUT2D eigenvalue weighted by atomic mass is 10.1. The van der Waals surface area contributed by atoms with Crippen molar-refractivity contribution in [3.8, 4) is 17.1 Å². The summed E-state index contributed by atoms with van der Waals surface area (Å²) in [4.78, 5) is 4.41. The fraction of sp³-hybridized carbons (Fsp3) is 0.154. The van der Waals surface area contributed by atoms with Crippen molar-refractivity contribution >= 4 is 0 Å². The highest BCUT2D eigenvalue weighted by atomic mass is 16.5. The summed E-state index contributed by atoms with van der Waals surface area (Å²) in [5, 5.41) is 0. The second-order valence-electron chi connectivity index (χ2n) is 3.16. The number of aromatic nitrogens is 1. The zero-order chi connectivity index (χ0) is 10.5. The highest BCUT2D eigenvalue weighted by molar-refractivity contribution is 5.59. The van der Waals surface area contributed by atoms with Crippen molar-refractivity contribution in [3.63, 3.8) is 0 Å². The first-order chi connectivity index (χ1) is 7.40. The minimum atomic E-state index is 0.644. The van der Waals surface area contributed by atoms with Gasteiger partial charge < -0.3 is 4.74 Å². The normalized spacial score (nSPS) is 9.93. The molecule has 0 saturated carbocycles. The van der Waals surface area contributed by atoms with Crippen LogP contribution < -0.4 is 4.74 Å². The van der Waals surface area contributed by atoms with Crippen molar-refractivity contribution in [2.24, 2.45) is 0 Å². The Morgan fingerprint density at radius 1 is 1.00 bits per heavy atom.